The van der Waals surface area contributed by atoms with Crippen LogP contribution in [0.1, 0.15) is 23.0 Å². The molecule has 19 heavy (non-hydrogen) atoms. The lowest BCUT2D eigenvalue weighted by Crippen LogP contribution is -2.01. The van der Waals surface area contributed by atoms with Crippen LogP contribution in [-0.4, -0.2) is 22.7 Å². The van der Waals surface area contributed by atoms with E-state index in [1.165, 1.54) is 6.20 Å². The standard InChI is InChI=1S/C15H15NO3/c1-3-19-12-6-4-5-11(8-12)13-7-10(2)16-9-14(13)15(17)18/h4-9H,3H2,1-2H3,(H,17,18). The highest BCUT2D eigenvalue weighted by atomic mass is 16.5. The Labute approximate surface area is 111 Å². The van der Waals surface area contributed by atoms with Crippen LogP contribution in [0.25, 0.3) is 11.1 Å². The zero-order chi connectivity index (χ0) is 13.8. The molecule has 4 heteroatoms. The number of rotatable bonds is 4. The van der Waals surface area contributed by atoms with Crippen LogP contribution in [0.2, 0.25) is 0 Å². The van der Waals surface area contributed by atoms with Gasteiger partial charge in [-0.05, 0) is 43.2 Å². The first kappa shape index (κ1) is 13.1. The van der Waals surface area contributed by atoms with Crippen molar-refractivity contribution in [3.05, 3.63) is 47.8 Å². The summed E-state index contributed by atoms with van der Waals surface area (Å²) in [7, 11) is 0. The van der Waals surface area contributed by atoms with Crippen LogP contribution >= 0.6 is 0 Å². The van der Waals surface area contributed by atoms with Crippen molar-refractivity contribution >= 4 is 5.97 Å². The maximum absolute atomic E-state index is 11.2. The minimum atomic E-state index is -0.982. The quantitative estimate of drug-likeness (QED) is 0.914. The van der Waals surface area contributed by atoms with E-state index in [0.717, 1.165) is 17.0 Å². The Morgan fingerprint density at radius 2 is 2.16 bits per heavy atom. The molecule has 0 amide bonds. The highest BCUT2D eigenvalue weighted by molar-refractivity contribution is 5.95. The van der Waals surface area contributed by atoms with Gasteiger partial charge in [0.25, 0.3) is 0 Å². The molecule has 0 unspecified atom stereocenters. The van der Waals surface area contributed by atoms with Gasteiger partial charge in [-0.3, -0.25) is 4.98 Å². The molecule has 0 aliphatic rings. The van der Waals surface area contributed by atoms with E-state index in [1.807, 2.05) is 38.1 Å². The van der Waals surface area contributed by atoms with Gasteiger partial charge in [0.1, 0.15) is 5.75 Å². The second-order valence-electron chi connectivity index (χ2n) is 4.14. The molecular formula is C15H15NO3. The number of aromatic carboxylic acids is 1. The van der Waals surface area contributed by atoms with Crippen LogP contribution in [0.3, 0.4) is 0 Å². The maximum Gasteiger partial charge on any atom is 0.337 e. The van der Waals surface area contributed by atoms with Crippen LogP contribution in [0.15, 0.2) is 36.5 Å². The van der Waals surface area contributed by atoms with E-state index in [1.54, 1.807) is 6.07 Å². The number of aryl methyl sites for hydroxylation is 1. The number of carbonyl (C=O) groups is 1. The highest BCUT2D eigenvalue weighted by Gasteiger charge is 2.13. The minimum absolute atomic E-state index is 0.194. The summed E-state index contributed by atoms with van der Waals surface area (Å²) in [4.78, 5) is 15.3. The normalized spacial score (nSPS) is 10.2. The van der Waals surface area contributed by atoms with Crippen LogP contribution < -0.4 is 4.74 Å². The zero-order valence-electron chi connectivity index (χ0n) is 10.9. The summed E-state index contributed by atoms with van der Waals surface area (Å²) in [5.74, 6) is -0.255. The molecule has 0 saturated carbocycles. The third-order valence-electron chi connectivity index (χ3n) is 2.73. The van der Waals surface area contributed by atoms with E-state index < -0.39 is 5.97 Å². The molecule has 0 atom stereocenters. The van der Waals surface area contributed by atoms with Crippen molar-refractivity contribution in [1.82, 2.24) is 4.98 Å². The Balaban J connectivity index is 2.54. The lowest BCUT2D eigenvalue weighted by molar-refractivity contribution is 0.0697. The van der Waals surface area contributed by atoms with Crippen molar-refractivity contribution in [3.8, 4) is 16.9 Å². The number of benzene rings is 1. The maximum atomic E-state index is 11.2. The molecule has 0 aliphatic carbocycles. The lowest BCUT2D eigenvalue weighted by atomic mass is 10.0. The molecule has 0 aliphatic heterocycles. The number of carboxylic acids is 1. The summed E-state index contributed by atoms with van der Waals surface area (Å²) < 4.78 is 5.44. The van der Waals surface area contributed by atoms with Crippen LogP contribution in [0.4, 0.5) is 0 Å². The molecule has 1 N–H and O–H groups in total. The number of ether oxygens (including phenoxy) is 1. The zero-order valence-corrected chi connectivity index (χ0v) is 10.9. The fraction of sp³-hybridized carbons (Fsp3) is 0.200. The second kappa shape index (κ2) is 5.52. The van der Waals surface area contributed by atoms with Crippen LogP contribution in [0, 0.1) is 6.92 Å². The SMILES string of the molecule is CCOc1cccc(-c2cc(C)ncc2C(=O)O)c1. The minimum Gasteiger partial charge on any atom is -0.494 e. The van der Waals surface area contributed by atoms with Crippen molar-refractivity contribution in [2.75, 3.05) is 6.61 Å². The Bertz CT molecular complexity index is 608. The first-order valence-electron chi connectivity index (χ1n) is 6.05. The average molecular weight is 257 g/mol. The van der Waals surface area contributed by atoms with Gasteiger partial charge in [0.15, 0.2) is 0 Å². The van der Waals surface area contributed by atoms with Gasteiger partial charge in [0, 0.05) is 11.9 Å². The van der Waals surface area contributed by atoms with E-state index in [9.17, 15) is 9.90 Å². The van der Waals surface area contributed by atoms with Gasteiger partial charge in [-0.25, -0.2) is 4.79 Å². The number of aromatic nitrogens is 1. The average Bonchev–Trinajstić information content (AvgIpc) is 2.39. The van der Waals surface area contributed by atoms with Gasteiger partial charge in [-0.15, -0.1) is 0 Å². The van der Waals surface area contributed by atoms with Crippen molar-refractivity contribution in [2.24, 2.45) is 0 Å². The number of hydrogen-bond donors (Lipinski definition) is 1. The molecule has 0 radical (unpaired) electrons. The number of carboxylic acid groups (broad SMARTS) is 1. The van der Waals surface area contributed by atoms with E-state index in [-0.39, 0.29) is 5.56 Å². The number of hydrogen-bond acceptors (Lipinski definition) is 3. The van der Waals surface area contributed by atoms with Gasteiger partial charge in [0.2, 0.25) is 0 Å². The Hall–Kier alpha value is -2.36. The summed E-state index contributed by atoms with van der Waals surface area (Å²) in [6.45, 7) is 4.32. The van der Waals surface area contributed by atoms with E-state index >= 15 is 0 Å². The molecule has 0 saturated heterocycles. The van der Waals surface area contributed by atoms with Gasteiger partial charge in [0.05, 0.1) is 12.2 Å². The smallest absolute Gasteiger partial charge is 0.337 e. The molecule has 98 valence electrons. The van der Waals surface area contributed by atoms with Gasteiger partial charge in [-0.2, -0.15) is 0 Å². The molecule has 1 aromatic carbocycles. The second-order valence-corrected chi connectivity index (χ2v) is 4.14. The van der Waals surface area contributed by atoms with Gasteiger partial charge < -0.3 is 9.84 Å². The van der Waals surface area contributed by atoms with Crippen molar-refractivity contribution in [3.63, 3.8) is 0 Å². The highest BCUT2D eigenvalue weighted by Crippen LogP contribution is 2.27. The number of nitrogens with zero attached hydrogens (tertiary/aromatic N) is 1. The fourth-order valence-electron chi connectivity index (χ4n) is 1.89. The van der Waals surface area contributed by atoms with Gasteiger partial charge in [-0.1, -0.05) is 12.1 Å². The topological polar surface area (TPSA) is 59.4 Å². The molecular weight excluding hydrogens is 242 g/mol. The summed E-state index contributed by atoms with van der Waals surface area (Å²) in [5.41, 5.74) is 2.44. The molecule has 2 aromatic rings. The predicted octanol–water partition coefficient (Wildman–Crippen LogP) is 3.15. The molecule has 2 rings (SSSR count). The van der Waals surface area contributed by atoms with Crippen molar-refractivity contribution < 1.29 is 14.6 Å². The fourth-order valence-corrected chi connectivity index (χ4v) is 1.89. The molecule has 0 bridgehead atoms. The van der Waals surface area contributed by atoms with E-state index in [4.69, 9.17) is 4.74 Å². The monoisotopic (exact) mass is 257 g/mol. The summed E-state index contributed by atoms with van der Waals surface area (Å²) in [5, 5.41) is 9.22. The van der Waals surface area contributed by atoms with E-state index in [2.05, 4.69) is 4.98 Å². The van der Waals surface area contributed by atoms with Gasteiger partial charge >= 0.3 is 5.97 Å². The molecule has 1 aromatic heterocycles. The summed E-state index contributed by atoms with van der Waals surface area (Å²) in [6, 6.07) is 9.17. The Morgan fingerprint density at radius 3 is 2.84 bits per heavy atom. The molecule has 1 heterocycles. The predicted molar refractivity (Wildman–Crippen MR) is 72.5 cm³/mol. The largest absolute Gasteiger partial charge is 0.494 e. The number of pyridine rings is 1. The summed E-state index contributed by atoms with van der Waals surface area (Å²) >= 11 is 0. The first-order chi connectivity index (χ1) is 9.11. The molecule has 4 nitrogen and oxygen atoms in total. The van der Waals surface area contributed by atoms with Crippen molar-refractivity contribution in [2.45, 2.75) is 13.8 Å². The van der Waals surface area contributed by atoms with E-state index in [0.29, 0.717) is 12.2 Å². The third kappa shape index (κ3) is 2.91. The molecule has 0 spiro atoms. The van der Waals surface area contributed by atoms with Crippen LogP contribution in [-0.2, 0) is 0 Å². The van der Waals surface area contributed by atoms with Crippen molar-refractivity contribution in [1.29, 1.82) is 0 Å². The first-order valence-corrected chi connectivity index (χ1v) is 6.05. The lowest BCUT2D eigenvalue weighted by Gasteiger charge is -2.09. The van der Waals surface area contributed by atoms with Crippen LogP contribution in [0.5, 0.6) is 5.75 Å². The third-order valence-corrected chi connectivity index (χ3v) is 2.73. The Morgan fingerprint density at radius 1 is 1.37 bits per heavy atom. The molecule has 0 fully saturated rings. The Kier molecular flexibility index (Phi) is 3.80. The summed E-state index contributed by atoms with van der Waals surface area (Å²) in [6.07, 6.45) is 1.39.